The van der Waals surface area contributed by atoms with E-state index in [0.717, 1.165) is 12.2 Å². The maximum Gasteiger partial charge on any atom is 0.252 e. The summed E-state index contributed by atoms with van der Waals surface area (Å²) in [5, 5.41) is 0. The highest BCUT2D eigenvalue weighted by atomic mass is 16.5. The maximum absolute atomic E-state index is 11.2. The second-order valence-electron chi connectivity index (χ2n) is 8.22. The van der Waals surface area contributed by atoms with Crippen LogP contribution in [0.2, 0.25) is 0 Å². The van der Waals surface area contributed by atoms with Gasteiger partial charge in [-0.2, -0.15) is 0 Å². The van der Waals surface area contributed by atoms with Crippen LogP contribution in [0.4, 0.5) is 5.82 Å². The van der Waals surface area contributed by atoms with Crippen molar-refractivity contribution in [3.8, 4) is 17.0 Å². The molecule has 4 N–H and O–H groups in total. The van der Waals surface area contributed by atoms with E-state index in [9.17, 15) is 4.79 Å². The number of nitrogens with zero attached hydrogens (tertiary/aromatic N) is 2. The predicted octanol–water partition coefficient (Wildman–Crippen LogP) is 4.60. The van der Waals surface area contributed by atoms with Gasteiger partial charge in [0.15, 0.2) is 0 Å². The number of carbonyl (C=O) groups excluding carboxylic acids is 1. The number of pyridine rings is 2. The molecule has 7 nitrogen and oxygen atoms in total. The van der Waals surface area contributed by atoms with Gasteiger partial charge in [-0.25, -0.2) is 9.97 Å². The summed E-state index contributed by atoms with van der Waals surface area (Å²) in [5.41, 5.74) is 16.4. The summed E-state index contributed by atoms with van der Waals surface area (Å²) in [6, 6.07) is 11.7. The van der Waals surface area contributed by atoms with E-state index in [-0.39, 0.29) is 11.4 Å². The number of anilines is 1. The van der Waals surface area contributed by atoms with E-state index in [1.165, 1.54) is 49.5 Å². The third kappa shape index (κ3) is 6.52. The molecule has 0 unspecified atom stereocenters. The van der Waals surface area contributed by atoms with Crippen molar-refractivity contribution in [1.29, 1.82) is 0 Å². The van der Waals surface area contributed by atoms with E-state index in [1.807, 2.05) is 6.07 Å². The van der Waals surface area contributed by atoms with Gasteiger partial charge in [-0.05, 0) is 61.6 Å². The summed E-state index contributed by atoms with van der Waals surface area (Å²) in [7, 11) is 1.52. The van der Waals surface area contributed by atoms with Gasteiger partial charge in [0.05, 0.1) is 25.4 Å². The minimum atomic E-state index is -0.621. The van der Waals surface area contributed by atoms with Crippen molar-refractivity contribution in [3.05, 3.63) is 71.0 Å². The molecule has 174 valence electrons. The maximum atomic E-state index is 11.2. The molecule has 1 aliphatic carbocycles. The molecule has 7 heteroatoms. The number of rotatable bonds is 6. The predicted molar refractivity (Wildman–Crippen MR) is 130 cm³/mol. The molecule has 4 rings (SSSR count). The van der Waals surface area contributed by atoms with Gasteiger partial charge in [-0.1, -0.05) is 31.0 Å². The number of nitrogens with two attached hydrogens (primary N) is 2. The molecule has 0 saturated heterocycles. The van der Waals surface area contributed by atoms with Gasteiger partial charge < -0.3 is 20.9 Å². The van der Waals surface area contributed by atoms with Crippen LogP contribution in [0.15, 0.2) is 48.8 Å². The van der Waals surface area contributed by atoms with Crippen LogP contribution in [-0.2, 0) is 11.3 Å². The lowest BCUT2D eigenvalue weighted by atomic mass is 10.1. The van der Waals surface area contributed by atoms with E-state index in [4.69, 9.17) is 20.9 Å². The summed E-state index contributed by atoms with van der Waals surface area (Å²) >= 11 is 0. The van der Waals surface area contributed by atoms with Crippen LogP contribution < -0.4 is 16.2 Å². The molecule has 33 heavy (non-hydrogen) atoms. The normalized spacial score (nSPS) is 13.3. The summed E-state index contributed by atoms with van der Waals surface area (Å²) in [5.74, 6) is -0.0710. The largest absolute Gasteiger partial charge is 0.481 e. The zero-order chi connectivity index (χ0) is 23.8. The van der Waals surface area contributed by atoms with Gasteiger partial charge in [0.1, 0.15) is 5.82 Å². The monoisotopic (exact) mass is 448 g/mol. The Labute approximate surface area is 195 Å². The fourth-order valence-electron chi connectivity index (χ4n) is 3.76. The summed E-state index contributed by atoms with van der Waals surface area (Å²) in [6.45, 7) is 5.09. The quantitative estimate of drug-likeness (QED) is 0.570. The zero-order valence-electron chi connectivity index (χ0n) is 19.5. The Morgan fingerprint density at radius 3 is 2.52 bits per heavy atom. The molecular formula is C26H32N4O3. The number of hydrogen-bond acceptors (Lipinski definition) is 6. The van der Waals surface area contributed by atoms with Gasteiger partial charge in [0.25, 0.3) is 5.91 Å². The molecule has 1 aliphatic rings. The van der Waals surface area contributed by atoms with Crippen LogP contribution >= 0.6 is 0 Å². The molecule has 2 heterocycles. The van der Waals surface area contributed by atoms with Crippen molar-refractivity contribution < 1.29 is 14.3 Å². The molecule has 0 aliphatic heterocycles. The number of aryl methyl sites for hydroxylation is 2. The first-order chi connectivity index (χ1) is 15.9. The van der Waals surface area contributed by atoms with Crippen LogP contribution in [0, 0.1) is 13.8 Å². The lowest BCUT2D eigenvalue weighted by molar-refractivity contribution is 0.0456. The number of amides is 1. The number of primary amides is 1. The summed E-state index contributed by atoms with van der Waals surface area (Å²) in [6.07, 6.45) is 8.88. The van der Waals surface area contributed by atoms with Gasteiger partial charge in [0.2, 0.25) is 5.88 Å². The van der Waals surface area contributed by atoms with Gasteiger partial charge in [-0.15, -0.1) is 0 Å². The highest BCUT2D eigenvalue weighted by Gasteiger charge is 2.15. The van der Waals surface area contributed by atoms with Crippen molar-refractivity contribution >= 4 is 11.7 Å². The minimum Gasteiger partial charge on any atom is -0.481 e. The highest BCUT2D eigenvalue weighted by molar-refractivity contribution is 5.98. The smallest absolute Gasteiger partial charge is 0.252 e. The first kappa shape index (κ1) is 24.2. The second kappa shape index (κ2) is 11.4. The fourth-order valence-corrected chi connectivity index (χ4v) is 3.76. The lowest BCUT2D eigenvalue weighted by Crippen LogP contribution is -2.14. The molecule has 0 spiro atoms. The van der Waals surface area contributed by atoms with Gasteiger partial charge in [0, 0.05) is 23.5 Å². The topological polar surface area (TPSA) is 113 Å². The number of benzene rings is 1. The van der Waals surface area contributed by atoms with E-state index in [2.05, 4.69) is 42.0 Å². The number of carbonyl (C=O) groups is 1. The SMILES string of the molecule is COc1ncccc1-c1cnc(N)c(C(N)=O)c1.Cc1ccc(COC2CCCC2)cc1C. The van der Waals surface area contributed by atoms with Gasteiger partial charge >= 0.3 is 0 Å². The van der Waals surface area contributed by atoms with Crippen molar-refractivity contribution in [2.24, 2.45) is 5.73 Å². The average Bonchev–Trinajstić information content (AvgIpc) is 3.34. The number of nitrogen functional groups attached to an aromatic ring is 1. The summed E-state index contributed by atoms with van der Waals surface area (Å²) in [4.78, 5) is 19.2. The number of aromatic nitrogens is 2. The van der Waals surface area contributed by atoms with Crippen LogP contribution in [0.1, 0.15) is 52.7 Å². The second-order valence-corrected chi connectivity index (χ2v) is 8.22. The van der Waals surface area contributed by atoms with Crippen molar-refractivity contribution in [3.63, 3.8) is 0 Å². The molecular weight excluding hydrogens is 416 g/mol. The number of hydrogen-bond donors (Lipinski definition) is 2. The lowest BCUT2D eigenvalue weighted by Gasteiger charge is -2.11. The van der Waals surface area contributed by atoms with E-state index in [1.54, 1.807) is 24.5 Å². The Bertz CT molecular complexity index is 1090. The Hall–Kier alpha value is -3.45. The number of methoxy groups -OCH3 is 1. The molecule has 3 aromatic rings. The molecule has 0 radical (unpaired) electrons. The average molecular weight is 449 g/mol. The number of ether oxygens (including phenoxy) is 2. The highest BCUT2D eigenvalue weighted by Crippen LogP contribution is 2.28. The summed E-state index contributed by atoms with van der Waals surface area (Å²) < 4.78 is 11.0. The molecule has 0 atom stereocenters. The van der Waals surface area contributed by atoms with Crippen molar-refractivity contribution in [2.75, 3.05) is 12.8 Å². The molecule has 1 amide bonds. The third-order valence-electron chi connectivity index (χ3n) is 5.82. The van der Waals surface area contributed by atoms with Crippen LogP contribution in [0.3, 0.4) is 0 Å². The molecule has 1 aromatic carbocycles. The third-order valence-corrected chi connectivity index (χ3v) is 5.82. The Balaban J connectivity index is 0.000000189. The Morgan fingerprint density at radius 2 is 1.85 bits per heavy atom. The van der Waals surface area contributed by atoms with E-state index in [0.29, 0.717) is 17.5 Å². The Morgan fingerprint density at radius 1 is 1.09 bits per heavy atom. The zero-order valence-corrected chi connectivity index (χ0v) is 19.5. The molecule has 2 aromatic heterocycles. The first-order valence-corrected chi connectivity index (χ1v) is 11.1. The molecule has 1 fully saturated rings. The minimum absolute atomic E-state index is 0.106. The van der Waals surface area contributed by atoms with Crippen LogP contribution in [0.5, 0.6) is 5.88 Å². The molecule has 1 saturated carbocycles. The standard InChI is InChI=1S/C14H20O.C12H12N4O2/c1-11-7-8-13(9-12(11)2)10-15-14-5-3-4-6-14;1-18-12-8(3-2-4-15-12)7-5-9(11(14)17)10(13)16-6-7/h7-9,14H,3-6,10H2,1-2H3;2-6H,1H3,(H2,13,16)(H2,14,17). The van der Waals surface area contributed by atoms with Crippen molar-refractivity contribution in [1.82, 2.24) is 9.97 Å². The van der Waals surface area contributed by atoms with E-state index < -0.39 is 5.91 Å². The first-order valence-electron chi connectivity index (χ1n) is 11.1. The van der Waals surface area contributed by atoms with Crippen LogP contribution in [-0.4, -0.2) is 29.1 Å². The molecule has 0 bridgehead atoms. The van der Waals surface area contributed by atoms with Crippen molar-refractivity contribution in [2.45, 2.75) is 52.2 Å². The Kier molecular flexibility index (Phi) is 8.38. The van der Waals surface area contributed by atoms with E-state index >= 15 is 0 Å². The fraction of sp³-hybridized carbons (Fsp3) is 0.346. The van der Waals surface area contributed by atoms with Crippen LogP contribution in [0.25, 0.3) is 11.1 Å². The van der Waals surface area contributed by atoms with Gasteiger partial charge in [-0.3, -0.25) is 4.79 Å².